The molecule has 5 heteroatoms. The topological polar surface area (TPSA) is 46.2 Å². The van der Waals surface area contributed by atoms with Crippen LogP contribution in [0.1, 0.15) is 0 Å². The fourth-order valence-corrected chi connectivity index (χ4v) is 1.30. The number of benzene rings is 1. The third-order valence-corrected chi connectivity index (χ3v) is 2.27. The predicted octanol–water partition coefficient (Wildman–Crippen LogP) is 2.53. The van der Waals surface area contributed by atoms with E-state index in [0.29, 0.717) is 0 Å². The van der Waals surface area contributed by atoms with Crippen LogP contribution in [0.5, 0.6) is 5.75 Å². The monoisotopic (exact) mass is 239 g/mol. The van der Waals surface area contributed by atoms with Crippen LogP contribution in [0.3, 0.4) is 0 Å². The number of hydrogen-bond donors (Lipinski definition) is 2. The molecule has 0 bridgehead atoms. The van der Waals surface area contributed by atoms with Gasteiger partial charge in [-0.3, -0.25) is 0 Å². The fourth-order valence-electron chi connectivity index (χ4n) is 0.595. The highest BCUT2D eigenvalue weighted by atomic mass is 79.9. The van der Waals surface area contributed by atoms with Crippen LogP contribution in [0.15, 0.2) is 10.5 Å². The molecule has 2 nitrogen and oxygen atoms in total. The summed E-state index contributed by atoms with van der Waals surface area (Å²) in [7, 11) is 0. The summed E-state index contributed by atoms with van der Waals surface area (Å²) in [6, 6.07) is 0.955. The average Bonchev–Trinajstić information content (AvgIpc) is 1.97. The second kappa shape index (κ2) is 2.87. The number of hydrogen-bond acceptors (Lipinski definition) is 2. The van der Waals surface area contributed by atoms with Gasteiger partial charge in [0.25, 0.3) is 0 Å². The lowest BCUT2D eigenvalue weighted by Crippen LogP contribution is -1.92. The van der Waals surface area contributed by atoms with Gasteiger partial charge in [0.05, 0.1) is 15.2 Å². The molecular weight excluding hydrogens is 236 g/mol. The molecule has 0 saturated heterocycles. The maximum absolute atomic E-state index is 12.7. The first-order chi connectivity index (χ1) is 5.04. The average molecular weight is 240 g/mol. The van der Waals surface area contributed by atoms with E-state index in [0.717, 1.165) is 6.07 Å². The molecule has 60 valence electrons. The number of halogens is 3. The maximum atomic E-state index is 12.7. The van der Waals surface area contributed by atoms with Gasteiger partial charge < -0.3 is 10.8 Å². The van der Waals surface area contributed by atoms with Crippen LogP contribution < -0.4 is 5.73 Å². The van der Waals surface area contributed by atoms with E-state index in [-0.39, 0.29) is 20.9 Å². The molecular formula is C6H4BrClFNO. The van der Waals surface area contributed by atoms with E-state index >= 15 is 0 Å². The van der Waals surface area contributed by atoms with E-state index in [2.05, 4.69) is 15.9 Å². The van der Waals surface area contributed by atoms with Crippen molar-refractivity contribution >= 4 is 33.2 Å². The molecule has 0 aliphatic heterocycles. The number of rotatable bonds is 0. The van der Waals surface area contributed by atoms with Crippen molar-refractivity contribution in [3.05, 3.63) is 21.4 Å². The Kier molecular flexibility index (Phi) is 2.25. The van der Waals surface area contributed by atoms with Crippen LogP contribution in [0.2, 0.25) is 5.02 Å². The van der Waals surface area contributed by atoms with Crippen LogP contribution in [0, 0.1) is 5.82 Å². The summed E-state index contributed by atoms with van der Waals surface area (Å²) >= 11 is 8.30. The van der Waals surface area contributed by atoms with E-state index in [1.807, 2.05) is 0 Å². The lowest BCUT2D eigenvalue weighted by Gasteiger charge is -2.03. The van der Waals surface area contributed by atoms with E-state index in [1.54, 1.807) is 0 Å². The summed E-state index contributed by atoms with van der Waals surface area (Å²) in [5.74, 6) is -0.898. The van der Waals surface area contributed by atoms with Gasteiger partial charge in [-0.25, -0.2) is 4.39 Å². The van der Waals surface area contributed by atoms with Gasteiger partial charge in [0, 0.05) is 0 Å². The van der Waals surface area contributed by atoms with Crippen LogP contribution in [0.25, 0.3) is 0 Å². The lowest BCUT2D eigenvalue weighted by molar-refractivity contribution is 0.470. The van der Waals surface area contributed by atoms with Gasteiger partial charge in [-0.05, 0) is 22.0 Å². The first-order valence-corrected chi connectivity index (χ1v) is 3.83. The molecule has 0 aliphatic carbocycles. The number of phenolic OH excluding ortho intramolecular Hbond substituents is 1. The van der Waals surface area contributed by atoms with Crippen LogP contribution >= 0.6 is 27.5 Å². The Labute approximate surface area is 75.9 Å². The molecule has 0 atom stereocenters. The summed E-state index contributed by atoms with van der Waals surface area (Å²) in [4.78, 5) is 0. The molecule has 0 aliphatic rings. The summed E-state index contributed by atoms with van der Waals surface area (Å²) in [6.45, 7) is 0. The second-order valence-corrected chi connectivity index (χ2v) is 3.12. The zero-order valence-corrected chi connectivity index (χ0v) is 7.58. The van der Waals surface area contributed by atoms with Crippen LogP contribution in [-0.2, 0) is 0 Å². The summed E-state index contributed by atoms with van der Waals surface area (Å²) in [6.07, 6.45) is 0. The highest BCUT2D eigenvalue weighted by Crippen LogP contribution is 2.37. The summed E-state index contributed by atoms with van der Waals surface area (Å²) in [5.41, 5.74) is 5.06. The highest BCUT2D eigenvalue weighted by molar-refractivity contribution is 9.10. The fraction of sp³-hybridized carbons (Fsp3) is 0. The molecule has 11 heavy (non-hydrogen) atoms. The van der Waals surface area contributed by atoms with E-state index in [1.165, 1.54) is 0 Å². The Morgan fingerprint density at radius 1 is 1.64 bits per heavy atom. The predicted molar refractivity (Wildman–Crippen MR) is 45.2 cm³/mol. The Hall–Kier alpha value is -0.480. The van der Waals surface area contributed by atoms with E-state index in [4.69, 9.17) is 22.4 Å². The van der Waals surface area contributed by atoms with E-state index < -0.39 is 5.82 Å². The molecule has 0 saturated carbocycles. The van der Waals surface area contributed by atoms with Crippen LogP contribution in [-0.4, -0.2) is 5.11 Å². The van der Waals surface area contributed by atoms with Crippen molar-refractivity contribution in [2.75, 3.05) is 5.73 Å². The first-order valence-electron chi connectivity index (χ1n) is 2.66. The van der Waals surface area contributed by atoms with Crippen molar-refractivity contribution < 1.29 is 9.50 Å². The standard InChI is InChI=1S/C6H4BrClFNO/c7-4-5(10)3(9)1-2(8)6(4)11/h1,11H,10H2. The van der Waals surface area contributed by atoms with Crippen molar-refractivity contribution in [1.29, 1.82) is 0 Å². The van der Waals surface area contributed by atoms with Gasteiger partial charge in [-0.15, -0.1) is 0 Å². The minimum absolute atomic E-state index is 0.0661. The zero-order valence-electron chi connectivity index (χ0n) is 5.24. The largest absolute Gasteiger partial charge is 0.505 e. The molecule has 1 aromatic carbocycles. The minimum Gasteiger partial charge on any atom is -0.505 e. The molecule has 0 spiro atoms. The van der Waals surface area contributed by atoms with Crippen molar-refractivity contribution in [2.45, 2.75) is 0 Å². The van der Waals surface area contributed by atoms with Crippen molar-refractivity contribution in [3.63, 3.8) is 0 Å². The molecule has 0 fully saturated rings. The first kappa shape index (κ1) is 8.62. The quantitative estimate of drug-likeness (QED) is 0.685. The van der Waals surface area contributed by atoms with Gasteiger partial charge in [0.2, 0.25) is 0 Å². The van der Waals surface area contributed by atoms with E-state index in [9.17, 15) is 4.39 Å². The summed E-state index contributed by atoms with van der Waals surface area (Å²) < 4.78 is 12.8. The molecule has 1 aromatic rings. The molecule has 0 heterocycles. The number of nitrogens with two attached hydrogens (primary N) is 1. The smallest absolute Gasteiger partial charge is 0.150 e. The molecule has 0 unspecified atom stereocenters. The molecule has 0 radical (unpaired) electrons. The van der Waals surface area contributed by atoms with Gasteiger partial charge in [-0.2, -0.15) is 0 Å². The van der Waals surface area contributed by atoms with Gasteiger partial charge in [0.1, 0.15) is 5.82 Å². The van der Waals surface area contributed by atoms with Gasteiger partial charge >= 0.3 is 0 Å². The Morgan fingerprint density at radius 2 is 2.18 bits per heavy atom. The lowest BCUT2D eigenvalue weighted by atomic mass is 10.3. The maximum Gasteiger partial charge on any atom is 0.150 e. The Bertz CT molecular complexity index is 279. The number of aromatic hydroxyl groups is 1. The number of anilines is 1. The number of phenols is 1. The second-order valence-electron chi connectivity index (χ2n) is 1.92. The third kappa shape index (κ3) is 1.41. The van der Waals surface area contributed by atoms with Crippen LogP contribution in [0.4, 0.5) is 10.1 Å². The SMILES string of the molecule is Nc1c(F)cc(Cl)c(O)c1Br. The normalized spacial score (nSPS) is 10.1. The zero-order chi connectivity index (χ0) is 8.59. The third-order valence-electron chi connectivity index (χ3n) is 1.18. The molecule has 0 aromatic heterocycles. The van der Waals surface area contributed by atoms with Crippen molar-refractivity contribution in [1.82, 2.24) is 0 Å². The Balaban J connectivity index is 3.46. The van der Waals surface area contributed by atoms with Crippen molar-refractivity contribution in [2.24, 2.45) is 0 Å². The highest BCUT2D eigenvalue weighted by Gasteiger charge is 2.11. The molecule has 3 N–H and O–H groups in total. The molecule has 0 amide bonds. The Morgan fingerprint density at radius 3 is 2.73 bits per heavy atom. The summed E-state index contributed by atoms with van der Waals surface area (Å²) in [5, 5.41) is 9.02. The number of nitrogen functional groups attached to an aromatic ring is 1. The van der Waals surface area contributed by atoms with Gasteiger partial charge in [0.15, 0.2) is 5.75 Å². The minimum atomic E-state index is -0.653. The van der Waals surface area contributed by atoms with Crippen molar-refractivity contribution in [3.8, 4) is 5.75 Å². The van der Waals surface area contributed by atoms with Gasteiger partial charge in [-0.1, -0.05) is 11.6 Å². The molecule has 1 rings (SSSR count).